The van der Waals surface area contributed by atoms with E-state index in [2.05, 4.69) is 37.5 Å². The van der Waals surface area contributed by atoms with Crippen molar-refractivity contribution < 1.29 is 135 Å². The molecule has 5 atom stereocenters. The number of hydrogen-bond acceptors (Lipinski definition) is 18. The molecule has 137 heavy (non-hydrogen) atoms. The number of benzene rings is 3. The molecule has 3 N–H and O–H groups in total. The van der Waals surface area contributed by atoms with Crippen molar-refractivity contribution in [2.24, 2.45) is 21.1 Å². The molecule has 0 saturated carbocycles. The summed E-state index contributed by atoms with van der Waals surface area (Å²) in [4.78, 5) is 118. The Balaban J connectivity index is 0.000000186. The van der Waals surface area contributed by atoms with Gasteiger partial charge in [0.25, 0.3) is 34.4 Å². The Kier molecular flexibility index (Phi) is 29.6. The first-order chi connectivity index (χ1) is 64.2. The third kappa shape index (κ3) is 21.2. The smallest absolute Gasteiger partial charge is 0.418 e. The number of ether oxygens (including phenoxy) is 5. The second-order valence-electron chi connectivity index (χ2n) is 31.5. The van der Waals surface area contributed by atoms with E-state index in [1.165, 1.54) is 135 Å². The van der Waals surface area contributed by atoms with Gasteiger partial charge in [-0.1, -0.05) is 18.7 Å². The van der Waals surface area contributed by atoms with E-state index in [9.17, 15) is 109 Å². The summed E-state index contributed by atoms with van der Waals surface area (Å²) < 4.78 is 312. The molecule has 3 amide bonds. The van der Waals surface area contributed by atoms with Crippen LogP contribution in [0.1, 0.15) is 87.1 Å². The van der Waals surface area contributed by atoms with Crippen LogP contribution in [0.4, 0.5) is 99.2 Å². The molecule has 2 fully saturated rings. The van der Waals surface area contributed by atoms with E-state index in [0.717, 1.165) is 52.0 Å². The zero-order chi connectivity index (χ0) is 101. The molecule has 2 saturated heterocycles. The molecule has 14 rings (SSSR count). The normalized spacial score (nSPS) is 15.1. The Labute approximate surface area is 761 Å². The minimum Gasteiger partial charge on any atom is -0.500 e. The number of nitrogens with one attached hydrogen (secondary N) is 3. The van der Waals surface area contributed by atoms with Crippen LogP contribution < -0.4 is 42.4 Å². The van der Waals surface area contributed by atoms with Crippen LogP contribution in [0.15, 0.2) is 161 Å². The number of esters is 2. The lowest BCUT2D eigenvalue weighted by atomic mass is 9.98. The van der Waals surface area contributed by atoms with Gasteiger partial charge in [-0.2, -0.15) is 65.9 Å². The number of carbonyl (C=O) groups excluding carboxylic acids is 5. The molecule has 11 heterocycles. The Morgan fingerprint density at radius 3 is 1.04 bits per heavy atom. The second kappa shape index (κ2) is 39.9. The lowest BCUT2D eigenvalue weighted by molar-refractivity contribution is -0.167. The van der Waals surface area contributed by atoms with Crippen LogP contribution in [0.5, 0.6) is 0 Å². The monoisotopic (exact) mass is 1940 g/mol. The van der Waals surface area contributed by atoms with Crippen molar-refractivity contribution in [3.8, 4) is 33.4 Å². The Morgan fingerprint density at radius 2 is 0.745 bits per heavy atom. The van der Waals surface area contributed by atoms with Gasteiger partial charge in [-0.05, 0) is 117 Å². The standard InChI is InChI=1S/C32H29F8N5O4.C31H27F8N5O5.C27H24F4N4O4/c1-16-21(31(35,36)37)14-43(3)30(47)26(16)20-6-5-18(45-8-7-41-28(20)45)13-24(17(2)48-4)42-29(46)27-22(33)11-19(12-23(27)34)44-9-10-49-15-25(44)32(38,39)40;1-15-19(30(34,35)36)13-42(2)28(46)24(15)18-5-4-16(44-7-6-40-26(18)44)12-22(29(47)48-3)41-27(45)25-20(32)10-17(11-21(25)33)43-8-9-49-14-23(43)31(37,38)39;1-14-6-5-7-19(28)21(14)24(36)33-20(26(38)39-4)12-16-8-9-17(23-32-10-11-35(16)23)22-15(2)18(27(29,30)31)13-34(3)25(22)37/h5-8,11-12,14,24-25H,2,9-10,13,15H2,1,3-4H3,(H,42,46);4-7,10-11,13,22-23H,8-9,12,14H2,1-3H3,(H,41,45);5-11,13,20H,12H2,1-4H3,(H,33,36)/t24-,25+;22-,23+;20-/m000/s1. The van der Waals surface area contributed by atoms with E-state index >= 15 is 17.6 Å². The lowest BCUT2D eigenvalue weighted by Gasteiger charge is -2.38. The molecular weight excluding hydrogens is 1870 g/mol. The Bertz CT molecular complexity index is 6560. The van der Waals surface area contributed by atoms with Crippen molar-refractivity contribution in [2.75, 3.05) is 70.6 Å². The Morgan fingerprint density at radius 1 is 0.438 bits per heavy atom. The number of methoxy groups -OCH3 is 3. The average Bonchev–Trinajstić information content (AvgIpc) is 1.75. The first kappa shape index (κ1) is 102. The molecular formula is C90H80F20N14O13. The first-order valence-electron chi connectivity index (χ1n) is 40.8. The van der Waals surface area contributed by atoms with Crippen molar-refractivity contribution in [3.63, 3.8) is 0 Å². The Hall–Kier alpha value is -14.4. The number of rotatable bonds is 21. The van der Waals surface area contributed by atoms with Gasteiger partial charge in [-0.15, -0.1) is 0 Å². The van der Waals surface area contributed by atoms with Crippen molar-refractivity contribution >= 4 is 58.0 Å². The van der Waals surface area contributed by atoms with Gasteiger partial charge in [0.05, 0.1) is 92.7 Å². The van der Waals surface area contributed by atoms with E-state index in [1.54, 1.807) is 13.0 Å². The summed E-state index contributed by atoms with van der Waals surface area (Å²) in [6, 6.07) is 6.74. The molecule has 0 aliphatic carbocycles. The topological polar surface area (TPSA) is 292 Å². The number of alkyl halides is 15. The summed E-state index contributed by atoms with van der Waals surface area (Å²) in [7, 11) is 6.96. The highest BCUT2D eigenvalue weighted by molar-refractivity contribution is 5.99. The number of aromatic nitrogens is 9. The van der Waals surface area contributed by atoms with Crippen molar-refractivity contribution in [3.05, 3.63) is 280 Å². The molecule has 2 aliphatic rings. The highest BCUT2D eigenvalue weighted by Crippen LogP contribution is 2.42. The van der Waals surface area contributed by atoms with Crippen LogP contribution in [0.25, 0.3) is 50.3 Å². The molecule has 27 nitrogen and oxygen atoms in total. The molecule has 3 aromatic carbocycles. The predicted octanol–water partition coefficient (Wildman–Crippen LogP) is 14.1. The number of anilines is 2. The highest BCUT2D eigenvalue weighted by atomic mass is 19.4. The van der Waals surface area contributed by atoms with Crippen LogP contribution in [-0.2, 0) is 92.2 Å². The third-order valence-electron chi connectivity index (χ3n) is 22.9. The predicted molar refractivity (Wildman–Crippen MR) is 452 cm³/mol. The maximum atomic E-state index is 15.3. The maximum absolute atomic E-state index is 15.3. The van der Waals surface area contributed by atoms with E-state index in [1.807, 2.05) is 0 Å². The van der Waals surface area contributed by atoms with Gasteiger partial charge in [0.15, 0.2) is 0 Å². The molecule has 12 aromatic rings. The SMILES string of the molecule is C=C(OC)[C@H](Cc1ccc(-c2c(C)c(C(F)(F)F)cn(C)c2=O)c2nccn12)NC(=O)c1c(F)cc(N2CCOC[C@@H]2C(F)(F)F)cc1F.COC(=O)[C@H](Cc1ccc(-c2c(C)c(C(F)(F)F)cn(C)c2=O)c2nccn12)NC(=O)c1c(C)cccc1F.COC(=O)[C@H](Cc1ccc(-c2c(C)c(C(F)(F)F)cn(C)c2=O)c2nccn12)NC(=O)c1c(F)cc(N2CCOC[C@@H]2C(F)(F)F)cc1F. The zero-order valence-corrected chi connectivity index (χ0v) is 73.4. The number of nitrogens with zero attached hydrogens (tertiary/aromatic N) is 11. The zero-order valence-electron chi connectivity index (χ0n) is 73.4. The minimum absolute atomic E-state index is 0.0277. The van der Waals surface area contributed by atoms with Crippen molar-refractivity contribution in [2.45, 2.75) is 108 Å². The molecule has 9 aromatic heterocycles. The molecule has 47 heteroatoms. The summed E-state index contributed by atoms with van der Waals surface area (Å²) in [6.07, 6.45) is -13.9. The van der Waals surface area contributed by atoms with E-state index in [-0.39, 0.29) is 123 Å². The van der Waals surface area contributed by atoms with Crippen LogP contribution in [-0.4, -0.2) is 175 Å². The van der Waals surface area contributed by atoms with Crippen LogP contribution in [0.3, 0.4) is 0 Å². The maximum Gasteiger partial charge on any atom is 0.418 e. The van der Waals surface area contributed by atoms with Crippen molar-refractivity contribution in [1.29, 1.82) is 0 Å². The summed E-state index contributed by atoms with van der Waals surface area (Å²) >= 11 is 0. The molecule has 2 aliphatic heterocycles. The van der Waals surface area contributed by atoms with Gasteiger partial charge in [0.1, 0.15) is 87.1 Å². The molecule has 0 radical (unpaired) electrons. The van der Waals surface area contributed by atoms with E-state index in [4.69, 9.17) is 23.7 Å². The summed E-state index contributed by atoms with van der Waals surface area (Å²) in [5.41, 5.74) is -7.98. The summed E-state index contributed by atoms with van der Waals surface area (Å²) in [6.45, 7) is 6.47. The van der Waals surface area contributed by atoms with E-state index < -0.39 is 195 Å². The molecule has 728 valence electrons. The fourth-order valence-electron chi connectivity index (χ4n) is 16.1. The van der Waals surface area contributed by atoms with Gasteiger partial charge < -0.3 is 76.3 Å². The number of imidazole rings is 3. The molecule has 0 unspecified atom stereocenters. The van der Waals surface area contributed by atoms with Crippen LogP contribution in [0, 0.1) is 56.8 Å². The highest BCUT2D eigenvalue weighted by Gasteiger charge is 2.49. The quantitative estimate of drug-likeness (QED) is 0.0342. The van der Waals surface area contributed by atoms with Crippen LogP contribution in [0.2, 0.25) is 0 Å². The largest absolute Gasteiger partial charge is 0.500 e. The summed E-state index contributed by atoms with van der Waals surface area (Å²) in [5.74, 6) is -12.0. The third-order valence-corrected chi connectivity index (χ3v) is 22.9. The number of fused-ring (bicyclic) bond motifs is 3. The van der Waals surface area contributed by atoms with Gasteiger partial charge in [-0.25, -0.2) is 46.5 Å². The van der Waals surface area contributed by atoms with Gasteiger partial charge in [0, 0.05) is 154 Å². The number of carbonyl (C=O) groups is 5. The number of amides is 3. The number of halogens is 20. The van der Waals surface area contributed by atoms with Crippen molar-refractivity contribution in [1.82, 2.24) is 57.8 Å². The lowest BCUT2D eigenvalue weighted by Crippen LogP contribution is -2.53. The number of pyridine rings is 6. The number of hydrogen-bond donors (Lipinski definition) is 3. The molecule has 0 bridgehead atoms. The summed E-state index contributed by atoms with van der Waals surface area (Å²) in [5, 5.41) is 7.11. The molecule has 0 spiro atoms. The fourth-order valence-corrected chi connectivity index (χ4v) is 16.1. The minimum atomic E-state index is -4.78. The van der Waals surface area contributed by atoms with Crippen LogP contribution >= 0.6 is 0 Å². The van der Waals surface area contributed by atoms with Gasteiger partial charge in [0.2, 0.25) is 0 Å². The first-order valence-corrected chi connectivity index (χ1v) is 40.8. The van der Waals surface area contributed by atoms with E-state index in [0.29, 0.717) is 58.5 Å². The fraction of sp³-hybridized carbons (Fsp3) is 0.322. The second-order valence-corrected chi connectivity index (χ2v) is 31.5. The average molecular weight is 1950 g/mol. The van der Waals surface area contributed by atoms with Gasteiger partial charge in [-0.3, -0.25) is 28.8 Å². The number of morpholine rings is 2. The van der Waals surface area contributed by atoms with Gasteiger partial charge >= 0.3 is 42.8 Å². The number of aryl methyl sites for hydroxylation is 4.